The first-order chi connectivity index (χ1) is 2.27. The zero-order valence-corrected chi connectivity index (χ0v) is 4.68. The van der Waals surface area contributed by atoms with Gasteiger partial charge in [0, 0.05) is 38.6 Å². The summed E-state index contributed by atoms with van der Waals surface area (Å²) in [5.41, 5.74) is 0. The van der Waals surface area contributed by atoms with Crippen LogP contribution in [0.5, 0.6) is 0 Å². The Hall–Kier alpha value is 0.516. The van der Waals surface area contributed by atoms with Crippen molar-refractivity contribution in [2.45, 2.75) is 0 Å². The van der Waals surface area contributed by atoms with E-state index in [4.69, 9.17) is 15.2 Å². The van der Waals surface area contributed by atoms with E-state index in [1.165, 1.54) is 0 Å². The number of hydrogen-bond donors (Lipinski definition) is 2. The predicted octanol–water partition coefficient (Wildman–Crippen LogP) is 0.154. The topological polar surface area (TPSA) is 66.8 Å². The minimum atomic E-state index is -1.69. The summed E-state index contributed by atoms with van der Waals surface area (Å²) in [6, 6.07) is 0. The summed E-state index contributed by atoms with van der Waals surface area (Å²) in [6.07, 6.45) is -1.69. The fourth-order valence-corrected chi connectivity index (χ4v) is 0. The van der Waals surface area contributed by atoms with Gasteiger partial charge in [0.2, 0.25) is 0 Å². The Kier molecular flexibility index (Phi) is 8.94. The van der Waals surface area contributed by atoms with E-state index in [1.54, 1.807) is 0 Å². The maximum absolute atomic E-state index is 8.90. The van der Waals surface area contributed by atoms with Crippen LogP contribution in [-0.4, -0.2) is 16.5 Å². The summed E-state index contributed by atoms with van der Waals surface area (Å²) in [6.45, 7) is 0. The molecule has 0 spiro atoms. The maximum Gasteiger partial charge on any atom is 0.537 e. The molecule has 0 fully saturated rings. The maximum atomic E-state index is 8.90. The monoisotopic (exact) mass is 237 g/mol. The van der Waals surface area contributed by atoms with Crippen molar-refractivity contribution < 1.29 is 58.7 Å². The molecule has 0 rings (SSSR count). The first kappa shape index (κ1) is 9.72. The van der Waals surface area contributed by atoms with E-state index in [0.29, 0.717) is 0 Å². The van der Waals surface area contributed by atoms with Gasteiger partial charge in [-0.05, 0) is 0 Å². The van der Waals surface area contributed by atoms with Crippen molar-refractivity contribution in [3.63, 3.8) is 0 Å². The zero-order chi connectivity index (χ0) is 4.28. The molecule has 5 heteroatoms. The van der Waals surface area contributed by atoms with Crippen molar-refractivity contribution in [3.8, 4) is 0 Å². The summed E-state index contributed by atoms with van der Waals surface area (Å²) in [4.78, 5) is 11.6. The Bertz CT molecular complexity index is 42.8. The van der Waals surface area contributed by atoms with Crippen LogP contribution in [0.4, 0.5) is 4.79 Å². The molecule has 0 atom stereocenters. The summed E-state index contributed by atoms with van der Waals surface area (Å²) < 4.78 is 0. The van der Waals surface area contributed by atoms with Crippen LogP contribution < -0.4 is 0 Å². The molecule has 0 amide bonds. The second-order valence-corrected chi connectivity index (χ2v) is 0.357. The molecule has 0 aromatic rings. The van der Waals surface area contributed by atoms with E-state index < -0.39 is 6.16 Å². The number of rotatable bonds is 0. The van der Waals surface area contributed by atoms with Crippen LogP contribution in [0.15, 0.2) is 0 Å². The third-order valence-electron chi connectivity index (χ3n) is 0.0781. The summed E-state index contributed by atoms with van der Waals surface area (Å²) in [5.74, 6) is 0. The third-order valence-corrected chi connectivity index (χ3v) is 0.0781. The minimum Gasteiger partial charge on any atom is -0.448 e. The first-order valence-corrected chi connectivity index (χ1v) is 0.814. The van der Waals surface area contributed by atoms with Crippen LogP contribution in [0.1, 0.15) is 0 Å². The van der Waals surface area contributed by atoms with Gasteiger partial charge in [-0.15, -0.1) is 0 Å². The first-order valence-electron chi connectivity index (χ1n) is 0.814. The molecule has 0 aliphatic rings. The van der Waals surface area contributed by atoms with Gasteiger partial charge >= 0.3 is 6.16 Å². The average molecular weight is 237 g/mol. The molecule has 0 heterocycles. The molecule has 0 saturated carbocycles. The Balaban J connectivity index is 0. The molecule has 0 aliphatic carbocycles. The molecule has 2 N–H and O–H groups in total. The predicted molar refractivity (Wildman–Crippen MR) is 11.7 cm³/mol. The van der Waals surface area contributed by atoms with Crippen molar-refractivity contribution in [1.82, 2.24) is 0 Å². The quantitative estimate of drug-likeness (QED) is 0.465. The van der Waals surface area contributed by atoms with Crippen LogP contribution in [0, 0.1) is 38.6 Å². The van der Waals surface area contributed by atoms with Gasteiger partial charge in [-0.2, -0.15) is 5.26 Å². The van der Waals surface area contributed by atoms with Crippen LogP contribution in [-0.2, 0) is 4.89 Å². The van der Waals surface area contributed by atoms with Crippen molar-refractivity contribution in [3.05, 3.63) is 0 Å². The second-order valence-electron chi connectivity index (χ2n) is 0.357. The molecule has 0 saturated heterocycles. The fraction of sp³-hybridized carbons (Fsp3) is 0. The van der Waals surface area contributed by atoms with Crippen molar-refractivity contribution >= 4 is 6.16 Å². The second kappa shape index (κ2) is 5.52. The molecule has 0 bridgehead atoms. The third kappa shape index (κ3) is 8.82. The minimum absolute atomic E-state index is 0. The molecule has 0 aliphatic heterocycles. The molecular weight excluding hydrogens is 235 g/mol. The fourth-order valence-electron chi connectivity index (χ4n) is 0. The van der Waals surface area contributed by atoms with E-state index in [0.717, 1.165) is 0 Å². The van der Waals surface area contributed by atoms with Gasteiger partial charge < -0.3 is 5.11 Å². The average Bonchev–Trinajstić information content (AvgIpc) is 1.38. The Labute approximate surface area is 64.5 Å². The van der Waals surface area contributed by atoms with Crippen molar-refractivity contribution in [2.75, 3.05) is 0 Å². The van der Waals surface area contributed by atoms with Gasteiger partial charge in [-0.25, -0.2) is 4.79 Å². The molecule has 0 aromatic carbocycles. The number of hydrogen-bond acceptors (Lipinski definition) is 3. The van der Waals surface area contributed by atoms with E-state index in [2.05, 4.69) is 4.89 Å². The van der Waals surface area contributed by atoms with Gasteiger partial charge in [0.25, 0.3) is 0 Å². The van der Waals surface area contributed by atoms with Crippen LogP contribution >= 0.6 is 0 Å². The van der Waals surface area contributed by atoms with Gasteiger partial charge in [-0.3, -0.25) is 4.89 Å². The molecule has 1 radical (unpaired) electrons. The smallest absolute Gasteiger partial charge is 0.448 e. The zero-order valence-electron chi connectivity index (χ0n) is 2.54. The van der Waals surface area contributed by atoms with Crippen LogP contribution in [0.2, 0.25) is 0 Å². The van der Waals surface area contributed by atoms with E-state index >= 15 is 0 Å². The molecular formula is CH2O4Tb. The standard InChI is InChI=1S/CH2O4.Tb/c2-1(3)5-4;/h4H,(H,2,3);. The van der Waals surface area contributed by atoms with Gasteiger partial charge in [0.15, 0.2) is 0 Å². The Morgan fingerprint density at radius 1 is 1.67 bits per heavy atom. The van der Waals surface area contributed by atoms with Gasteiger partial charge in [-0.1, -0.05) is 0 Å². The SMILES string of the molecule is O=C(O)OO.[Tb]. The molecule has 39 valence electrons. The molecule has 6 heavy (non-hydrogen) atoms. The Morgan fingerprint density at radius 2 is 1.83 bits per heavy atom. The molecule has 0 aromatic heterocycles. The van der Waals surface area contributed by atoms with Crippen LogP contribution in [0.25, 0.3) is 0 Å². The summed E-state index contributed by atoms with van der Waals surface area (Å²) >= 11 is 0. The molecule has 0 unspecified atom stereocenters. The van der Waals surface area contributed by atoms with E-state index in [-0.39, 0.29) is 38.6 Å². The Morgan fingerprint density at radius 3 is 1.83 bits per heavy atom. The van der Waals surface area contributed by atoms with Crippen LogP contribution in [0.3, 0.4) is 0 Å². The summed E-state index contributed by atoms with van der Waals surface area (Å²) in [5, 5.41) is 14.3. The largest absolute Gasteiger partial charge is 0.537 e. The van der Waals surface area contributed by atoms with Crippen molar-refractivity contribution in [2.24, 2.45) is 0 Å². The van der Waals surface area contributed by atoms with Gasteiger partial charge in [0.05, 0.1) is 0 Å². The van der Waals surface area contributed by atoms with E-state index in [1.807, 2.05) is 0 Å². The number of carboxylic acid groups (broad SMARTS) is 1. The number of carbonyl (C=O) groups is 1. The van der Waals surface area contributed by atoms with E-state index in [9.17, 15) is 0 Å². The van der Waals surface area contributed by atoms with Gasteiger partial charge in [0.1, 0.15) is 0 Å². The summed E-state index contributed by atoms with van der Waals surface area (Å²) in [7, 11) is 0. The molecule has 4 nitrogen and oxygen atoms in total. The van der Waals surface area contributed by atoms with Crippen molar-refractivity contribution in [1.29, 1.82) is 0 Å². The normalized spacial score (nSPS) is 5.50.